The summed E-state index contributed by atoms with van der Waals surface area (Å²) in [6, 6.07) is 26.4. The fourth-order valence-corrected chi connectivity index (χ4v) is 5.21. The Morgan fingerprint density at radius 1 is 0.780 bits per heavy atom. The molecule has 1 fully saturated rings. The Kier molecular flexibility index (Phi) is 8.33. The van der Waals surface area contributed by atoms with Crippen molar-refractivity contribution >= 4 is 21.8 Å². The predicted molar refractivity (Wildman–Crippen MR) is 157 cm³/mol. The standard InChI is InChI=1S/C33H31NO6S/c1-22-3-17-30(18-4-22)41(37,38)40-20-19-39-29-15-11-26(12-16-29)32(35)25-9-7-24(8-10-25)31-21-27(6-5-23(31)2)33(36)34-28-13-14-28/h3-12,15-18,21,28H,13-14,19-20H2,1-2H3,(H,34,36). The zero-order valence-electron chi connectivity index (χ0n) is 22.9. The minimum Gasteiger partial charge on any atom is -0.491 e. The number of hydrogen-bond acceptors (Lipinski definition) is 6. The number of ketones is 1. The third-order valence-corrected chi connectivity index (χ3v) is 8.21. The minimum atomic E-state index is -3.85. The SMILES string of the molecule is Cc1ccc(S(=O)(=O)OCCOc2ccc(C(=O)c3ccc(-c4cc(C(=O)NC5CC5)ccc4C)cc3)cc2)cc1. The number of ether oxygens (including phenoxy) is 1. The normalized spacial score (nSPS) is 13.0. The fourth-order valence-electron chi connectivity index (χ4n) is 4.32. The molecule has 1 aliphatic carbocycles. The highest BCUT2D eigenvalue weighted by atomic mass is 32.2. The molecule has 8 heteroatoms. The molecule has 0 aromatic heterocycles. The topological polar surface area (TPSA) is 98.8 Å². The van der Waals surface area contributed by atoms with Crippen molar-refractivity contribution in [2.45, 2.75) is 37.6 Å². The molecular formula is C33H31NO6S. The van der Waals surface area contributed by atoms with Gasteiger partial charge >= 0.3 is 0 Å². The lowest BCUT2D eigenvalue weighted by Crippen LogP contribution is -2.25. The number of aryl methyl sites for hydroxylation is 2. The van der Waals surface area contributed by atoms with Crippen LogP contribution in [0.2, 0.25) is 0 Å². The Hall–Kier alpha value is -4.27. The van der Waals surface area contributed by atoms with E-state index in [4.69, 9.17) is 8.92 Å². The van der Waals surface area contributed by atoms with Crippen molar-refractivity contribution in [2.24, 2.45) is 0 Å². The molecule has 4 aromatic carbocycles. The largest absolute Gasteiger partial charge is 0.491 e. The van der Waals surface area contributed by atoms with Crippen molar-refractivity contribution in [1.29, 1.82) is 0 Å². The number of nitrogens with one attached hydrogen (secondary N) is 1. The van der Waals surface area contributed by atoms with Gasteiger partial charge in [-0.15, -0.1) is 0 Å². The van der Waals surface area contributed by atoms with E-state index in [-0.39, 0.29) is 29.8 Å². The van der Waals surface area contributed by atoms with Crippen molar-refractivity contribution < 1.29 is 26.9 Å². The van der Waals surface area contributed by atoms with Gasteiger partial charge in [0.2, 0.25) is 0 Å². The van der Waals surface area contributed by atoms with E-state index in [9.17, 15) is 18.0 Å². The summed E-state index contributed by atoms with van der Waals surface area (Å²) in [5.41, 5.74) is 5.54. The van der Waals surface area contributed by atoms with E-state index in [2.05, 4.69) is 5.32 Å². The lowest BCUT2D eigenvalue weighted by Gasteiger charge is -2.11. The molecule has 41 heavy (non-hydrogen) atoms. The molecule has 7 nitrogen and oxygen atoms in total. The lowest BCUT2D eigenvalue weighted by atomic mass is 9.95. The smallest absolute Gasteiger partial charge is 0.297 e. The molecule has 0 heterocycles. The lowest BCUT2D eigenvalue weighted by molar-refractivity contribution is 0.0950. The molecule has 0 radical (unpaired) electrons. The maximum Gasteiger partial charge on any atom is 0.297 e. The zero-order valence-corrected chi connectivity index (χ0v) is 23.7. The van der Waals surface area contributed by atoms with Crippen LogP contribution in [0.1, 0.15) is 50.2 Å². The van der Waals surface area contributed by atoms with Gasteiger partial charge in [0, 0.05) is 22.7 Å². The second-order valence-corrected chi connectivity index (χ2v) is 11.8. The molecule has 1 amide bonds. The molecule has 0 unspecified atom stereocenters. The third-order valence-electron chi connectivity index (χ3n) is 6.89. The van der Waals surface area contributed by atoms with E-state index < -0.39 is 10.1 Å². The van der Waals surface area contributed by atoms with Gasteiger partial charge < -0.3 is 10.1 Å². The Balaban J connectivity index is 1.17. The Labute approximate surface area is 240 Å². The second kappa shape index (κ2) is 12.1. The minimum absolute atomic E-state index is 0.0305. The van der Waals surface area contributed by atoms with Crippen LogP contribution >= 0.6 is 0 Å². The van der Waals surface area contributed by atoms with Gasteiger partial charge in [0.15, 0.2) is 5.78 Å². The van der Waals surface area contributed by atoms with Crippen LogP contribution in [0.3, 0.4) is 0 Å². The molecule has 4 aromatic rings. The van der Waals surface area contributed by atoms with Crippen LogP contribution < -0.4 is 10.1 Å². The number of benzene rings is 4. The Morgan fingerprint density at radius 2 is 1.39 bits per heavy atom. The molecule has 5 rings (SSSR count). The van der Waals surface area contributed by atoms with E-state index in [0.29, 0.717) is 28.5 Å². The van der Waals surface area contributed by atoms with Crippen molar-refractivity contribution in [3.05, 3.63) is 119 Å². The maximum absolute atomic E-state index is 13.1. The number of rotatable bonds is 11. The molecule has 0 bridgehead atoms. The first-order valence-electron chi connectivity index (χ1n) is 13.5. The molecule has 0 saturated heterocycles. The summed E-state index contributed by atoms with van der Waals surface area (Å²) in [5.74, 6) is 0.298. The predicted octanol–water partition coefficient (Wildman–Crippen LogP) is 5.88. The van der Waals surface area contributed by atoms with Gasteiger partial charge in [-0.25, -0.2) is 0 Å². The first-order valence-corrected chi connectivity index (χ1v) is 14.9. The summed E-state index contributed by atoms with van der Waals surface area (Å²) in [4.78, 5) is 25.7. The Bertz CT molecular complexity index is 1660. The van der Waals surface area contributed by atoms with Crippen LogP contribution in [-0.2, 0) is 14.3 Å². The highest BCUT2D eigenvalue weighted by Gasteiger charge is 2.24. The second-order valence-electron chi connectivity index (χ2n) is 10.1. The summed E-state index contributed by atoms with van der Waals surface area (Å²) in [6.07, 6.45) is 2.07. The average Bonchev–Trinajstić information content (AvgIpc) is 3.80. The number of amides is 1. The van der Waals surface area contributed by atoms with Crippen molar-refractivity contribution in [1.82, 2.24) is 5.32 Å². The van der Waals surface area contributed by atoms with Crippen molar-refractivity contribution in [3.8, 4) is 16.9 Å². The highest BCUT2D eigenvalue weighted by molar-refractivity contribution is 7.86. The van der Waals surface area contributed by atoms with E-state index in [0.717, 1.165) is 35.1 Å². The van der Waals surface area contributed by atoms with Crippen molar-refractivity contribution in [3.63, 3.8) is 0 Å². The molecule has 1 aliphatic rings. The maximum atomic E-state index is 13.1. The summed E-state index contributed by atoms with van der Waals surface area (Å²) >= 11 is 0. The van der Waals surface area contributed by atoms with Crippen LogP contribution in [0.15, 0.2) is 95.9 Å². The molecule has 0 aliphatic heterocycles. The average molecular weight is 570 g/mol. The number of hydrogen-bond donors (Lipinski definition) is 1. The summed E-state index contributed by atoms with van der Waals surface area (Å²) in [6.45, 7) is 3.76. The van der Waals surface area contributed by atoms with E-state index in [1.54, 1.807) is 48.5 Å². The number of carbonyl (C=O) groups is 2. The van der Waals surface area contributed by atoms with Gasteiger partial charge in [-0.2, -0.15) is 8.42 Å². The molecule has 210 valence electrons. The van der Waals surface area contributed by atoms with Gasteiger partial charge in [-0.1, -0.05) is 48.0 Å². The van der Waals surface area contributed by atoms with Crippen LogP contribution in [0, 0.1) is 13.8 Å². The van der Waals surface area contributed by atoms with Gasteiger partial charge in [0.05, 0.1) is 4.90 Å². The molecule has 1 N–H and O–H groups in total. The quantitative estimate of drug-likeness (QED) is 0.138. The number of carbonyl (C=O) groups excluding carboxylic acids is 2. The van der Waals surface area contributed by atoms with E-state index in [1.165, 1.54) is 12.1 Å². The van der Waals surface area contributed by atoms with Crippen LogP contribution in [0.25, 0.3) is 11.1 Å². The van der Waals surface area contributed by atoms with Gasteiger partial charge in [-0.3, -0.25) is 13.8 Å². The summed E-state index contributed by atoms with van der Waals surface area (Å²) in [7, 11) is -3.85. The molecule has 1 saturated carbocycles. The highest BCUT2D eigenvalue weighted by Crippen LogP contribution is 2.27. The zero-order chi connectivity index (χ0) is 29.0. The van der Waals surface area contributed by atoms with E-state index in [1.807, 2.05) is 44.2 Å². The van der Waals surface area contributed by atoms with Crippen LogP contribution in [0.4, 0.5) is 0 Å². The molecular weight excluding hydrogens is 538 g/mol. The van der Waals surface area contributed by atoms with Gasteiger partial charge in [-0.05, 0) is 91.9 Å². The first kappa shape index (κ1) is 28.3. The Morgan fingerprint density at radius 3 is 2.02 bits per heavy atom. The first-order chi connectivity index (χ1) is 19.7. The van der Waals surface area contributed by atoms with Crippen molar-refractivity contribution in [2.75, 3.05) is 13.2 Å². The van der Waals surface area contributed by atoms with Gasteiger partial charge in [0.1, 0.15) is 19.0 Å². The van der Waals surface area contributed by atoms with Crippen LogP contribution in [-0.4, -0.2) is 39.4 Å². The van der Waals surface area contributed by atoms with Gasteiger partial charge in [0.25, 0.3) is 16.0 Å². The molecule has 0 atom stereocenters. The monoisotopic (exact) mass is 569 g/mol. The summed E-state index contributed by atoms with van der Waals surface area (Å²) < 4.78 is 35.2. The fraction of sp³-hybridized carbons (Fsp3) is 0.212. The summed E-state index contributed by atoms with van der Waals surface area (Å²) in [5, 5.41) is 3.02. The van der Waals surface area contributed by atoms with E-state index >= 15 is 0 Å². The molecule has 0 spiro atoms. The third kappa shape index (κ3) is 7.09. The van der Waals surface area contributed by atoms with Crippen LogP contribution in [0.5, 0.6) is 5.75 Å².